The van der Waals surface area contributed by atoms with Gasteiger partial charge in [-0.15, -0.1) is 0 Å². The number of hydrogen-bond acceptors (Lipinski definition) is 2. The molecule has 1 rings (SSSR count). The van der Waals surface area contributed by atoms with E-state index in [2.05, 4.69) is 45.2 Å². The molecule has 1 fully saturated rings. The van der Waals surface area contributed by atoms with Crippen LogP contribution in [0.25, 0.3) is 0 Å². The fourth-order valence-corrected chi connectivity index (χ4v) is 2.36. The van der Waals surface area contributed by atoms with Crippen molar-refractivity contribution in [3.8, 4) is 0 Å². The summed E-state index contributed by atoms with van der Waals surface area (Å²) in [7, 11) is 0. The zero-order valence-electron chi connectivity index (χ0n) is 10.8. The lowest BCUT2D eigenvalue weighted by Crippen LogP contribution is -2.43. The monoisotopic (exact) mass is 229 g/mol. The van der Waals surface area contributed by atoms with E-state index in [4.69, 9.17) is 0 Å². The van der Waals surface area contributed by atoms with Crippen molar-refractivity contribution in [1.29, 1.82) is 0 Å². The maximum absolute atomic E-state index is 4.43. The minimum atomic E-state index is 0.364. The molecule has 15 heavy (non-hydrogen) atoms. The number of nitrogens with zero attached hydrogens (tertiary/aromatic N) is 1. The predicted octanol–water partition coefficient (Wildman–Crippen LogP) is 3.45. The van der Waals surface area contributed by atoms with E-state index in [9.17, 15) is 0 Å². The van der Waals surface area contributed by atoms with Crippen LogP contribution >= 0.6 is 12.6 Å². The van der Waals surface area contributed by atoms with Gasteiger partial charge in [0.15, 0.2) is 0 Å². The second-order valence-corrected chi connectivity index (χ2v) is 6.58. The van der Waals surface area contributed by atoms with E-state index in [-0.39, 0.29) is 0 Å². The summed E-state index contributed by atoms with van der Waals surface area (Å²) in [5.74, 6) is 0.981. The van der Waals surface area contributed by atoms with Gasteiger partial charge in [-0.05, 0) is 42.5 Å². The number of piperidine rings is 1. The normalized spacial score (nSPS) is 23.0. The Morgan fingerprint density at radius 1 is 1.27 bits per heavy atom. The van der Waals surface area contributed by atoms with Gasteiger partial charge in [0.25, 0.3) is 0 Å². The minimum absolute atomic E-state index is 0.364. The van der Waals surface area contributed by atoms with Crippen molar-refractivity contribution in [2.45, 2.75) is 47.0 Å². The first-order chi connectivity index (χ1) is 6.91. The lowest BCUT2D eigenvalue weighted by molar-refractivity contribution is 0.0889. The summed E-state index contributed by atoms with van der Waals surface area (Å²) >= 11 is 4.43. The molecule has 1 aliphatic heterocycles. The molecular formula is C13H27NS. The predicted molar refractivity (Wildman–Crippen MR) is 71.7 cm³/mol. The average molecular weight is 229 g/mol. The van der Waals surface area contributed by atoms with Crippen LogP contribution in [0.5, 0.6) is 0 Å². The molecule has 0 aromatic rings. The lowest BCUT2D eigenvalue weighted by atomic mass is 9.78. The number of rotatable bonds is 4. The highest BCUT2D eigenvalue weighted by atomic mass is 32.1. The molecule has 0 radical (unpaired) electrons. The average Bonchev–Trinajstić information content (AvgIpc) is 2.22. The Morgan fingerprint density at radius 3 is 2.20 bits per heavy atom. The molecule has 0 saturated carbocycles. The van der Waals surface area contributed by atoms with Gasteiger partial charge in [0.2, 0.25) is 0 Å². The number of hydrogen-bond donors (Lipinski definition) is 1. The molecular weight excluding hydrogens is 202 g/mol. The van der Waals surface area contributed by atoms with Gasteiger partial charge in [0.05, 0.1) is 0 Å². The first kappa shape index (κ1) is 13.4. The highest BCUT2D eigenvalue weighted by molar-refractivity contribution is 7.80. The van der Waals surface area contributed by atoms with E-state index in [0.717, 1.165) is 5.75 Å². The summed E-state index contributed by atoms with van der Waals surface area (Å²) in [6.07, 6.45) is 4.06. The molecule has 0 aliphatic carbocycles. The molecule has 1 heterocycles. The van der Waals surface area contributed by atoms with Crippen molar-refractivity contribution in [2.75, 3.05) is 25.4 Å². The van der Waals surface area contributed by atoms with Crippen LogP contribution < -0.4 is 0 Å². The van der Waals surface area contributed by atoms with E-state index < -0.39 is 0 Å². The maximum atomic E-state index is 4.43. The Hall–Kier alpha value is 0.310. The van der Waals surface area contributed by atoms with E-state index in [1.54, 1.807) is 0 Å². The van der Waals surface area contributed by atoms with Crippen molar-refractivity contribution in [1.82, 2.24) is 4.90 Å². The molecule has 0 aromatic heterocycles. The van der Waals surface area contributed by atoms with Crippen LogP contribution in [-0.4, -0.2) is 30.3 Å². The van der Waals surface area contributed by atoms with Gasteiger partial charge in [-0.2, -0.15) is 12.6 Å². The molecule has 0 N–H and O–H groups in total. The van der Waals surface area contributed by atoms with Crippen LogP contribution in [0.4, 0.5) is 0 Å². The fourth-order valence-electron chi connectivity index (χ4n) is 2.26. The molecule has 0 amide bonds. The third kappa shape index (κ3) is 3.99. The van der Waals surface area contributed by atoms with Gasteiger partial charge >= 0.3 is 0 Å². The molecule has 0 atom stereocenters. The van der Waals surface area contributed by atoms with Gasteiger partial charge in [0, 0.05) is 6.54 Å². The van der Waals surface area contributed by atoms with Crippen molar-refractivity contribution in [3.05, 3.63) is 0 Å². The quantitative estimate of drug-likeness (QED) is 0.723. The van der Waals surface area contributed by atoms with Crippen LogP contribution in [0.1, 0.15) is 47.0 Å². The van der Waals surface area contributed by atoms with Crippen LogP contribution in [0, 0.1) is 10.8 Å². The Bertz CT molecular complexity index is 193. The first-order valence-corrected chi connectivity index (χ1v) is 6.87. The summed E-state index contributed by atoms with van der Waals surface area (Å²) in [4.78, 5) is 2.62. The second-order valence-electron chi connectivity index (χ2n) is 6.26. The largest absolute Gasteiger partial charge is 0.303 e. The van der Waals surface area contributed by atoms with Crippen LogP contribution in [0.2, 0.25) is 0 Å². The minimum Gasteiger partial charge on any atom is -0.303 e. The molecule has 1 nitrogen and oxygen atoms in total. The number of thiol groups is 1. The topological polar surface area (TPSA) is 3.24 Å². The Balaban J connectivity index is 2.38. The Kier molecular flexibility index (Phi) is 4.54. The number of likely N-dealkylation sites (tertiary alicyclic amines) is 1. The molecule has 90 valence electrons. The lowest BCUT2D eigenvalue weighted by Gasteiger charge is -2.41. The van der Waals surface area contributed by atoms with Gasteiger partial charge in [-0.25, -0.2) is 0 Å². The summed E-state index contributed by atoms with van der Waals surface area (Å²) in [5, 5.41) is 0. The maximum Gasteiger partial charge on any atom is 0.00405 e. The van der Waals surface area contributed by atoms with Crippen LogP contribution in [-0.2, 0) is 0 Å². The fraction of sp³-hybridized carbons (Fsp3) is 1.00. The van der Waals surface area contributed by atoms with E-state index in [1.807, 2.05) is 0 Å². The Labute approximate surface area is 101 Å². The van der Waals surface area contributed by atoms with E-state index >= 15 is 0 Å². The second kappa shape index (κ2) is 5.09. The smallest absolute Gasteiger partial charge is 0.00405 e. The van der Waals surface area contributed by atoms with Gasteiger partial charge < -0.3 is 4.90 Å². The highest BCUT2D eigenvalue weighted by Crippen LogP contribution is 2.34. The van der Waals surface area contributed by atoms with Gasteiger partial charge in [0.1, 0.15) is 0 Å². The Morgan fingerprint density at radius 2 is 1.80 bits per heavy atom. The SMILES string of the molecule is CCC1(C)CCN(CC(C)(C)CS)CC1. The first-order valence-electron chi connectivity index (χ1n) is 6.24. The molecule has 0 spiro atoms. The summed E-state index contributed by atoms with van der Waals surface area (Å²) < 4.78 is 0. The molecule has 1 saturated heterocycles. The summed E-state index contributed by atoms with van der Waals surface area (Å²) in [5.41, 5.74) is 0.977. The van der Waals surface area contributed by atoms with E-state index in [0.29, 0.717) is 10.8 Å². The third-order valence-electron chi connectivity index (χ3n) is 4.00. The summed E-state index contributed by atoms with van der Waals surface area (Å²) in [6, 6.07) is 0. The third-order valence-corrected chi connectivity index (χ3v) is 4.85. The molecule has 2 heteroatoms. The van der Waals surface area contributed by atoms with Crippen molar-refractivity contribution in [2.24, 2.45) is 10.8 Å². The molecule has 0 unspecified atom stereocenters. The van der Waals surface area contributed by atoms with Crippen LogP contribution in [0.15, 0.2) is 0 Å². The molecule has 1 aliphatic rings. The van der Waals surface area contributed by atoms with E-state index in [1.165, 1.54) is 38.9 Å². The van der Waals surface area contributed by atoms with Crippen LogP contribution in [0.3, 0.4) is 0 Å². The highest BCUT2D eigenvalue weighted by Gasteiger charge is 2.30. The van der Waals surface area contributed by atoms with Gasteiger partial charge in [-0.1, -0.05) is 34.1 Å². The summed E-state index contributed by atoms with van der Waals surface area (Å²) in [6.45, 7) is 13.2. The van der Waals surface area contributed by atoms with Crippen molar-refractivity contribution >= 4 is 12.6 Å². The van der Waals surface area contributed by atoms with Crippen molar-refractivity contribution in [3.63, 3.8) is 0 Å². The molecule has 0 bridgehead atoms. The zero-order valence-corrected chi connectivity index (χ0v) is 11.7. The zero-order chi connectivity index (χ0) is 11.5. The molecule has 0 aromatic carbocycles. The van der Waals surface area contributed by atoms with Crippen molar-refractivity contribution < 1.29 is 0 Å². The standard InChI is InChI=1S/C13H27NS/c1-5-13(4)6-8-14(9-7-13)10-12(2,3)11-15/h15H,5-11H2,1-4H3. The van der Waals surface area contributed by atoms with Gasteiger partial charge in [-0.3, -0.25) is 0 Å².